The maximum absolute atomic E-state index is 9.10. The molecule has 0 bridgehead atoms. The predicted octanol–water partition coefficient (Wildman–Crippen LogP) is 3.84. The van der Waals surface area contributed by atoms with E-state index in [2.05, 4.69) is 52.3 Å². The summed E-state index contributed by atoms with van der Waals surface area (Å²) in [5.74, 6) is -3.65. The number of hydrogen-bond acceptors (Lipinski definition) is 4. The molecule has 2 heterocycles. The minimum absolute atomic E-state index is 0.840. The highest BCUT2D eigenvalue weighted by Crippen LogP contribution is 2.24. The van der Waals surface area contributed by atoms with Gasteiger partial charge in [-0.25, -0.2) is 9.59 Å². The lowest BCUT2D eigenvalue weighted by Gasteiger charge is -2.38. The first-order valence-electron chi connectivity index (χ1n) is 10.9. The number of fused-ring (bicyclic) bond motifs is 1. The van der Waals surface area contributed by atoms with Gasteiger partial charge in [0.2, 0.25) is 0 Å². The van der Waals surface area contributed by atoms with Crippen LogP contribution in [-0.2, 0) is 16.1 Å². The zero-order chi connectivity index (χ0) is 21.3. The Bertz CT molecular complexity index is 821. The molecule has 0 saturated carbocycles. The summed E-state index contributed by atoms with van der Waals surface area (Å²) in [4.78, 5) is 23.7. The minimum atomic E-state index is -1.82. The van der Waals surface area contributed by atoms with Crippen LogP contribution in [0.5, 0.6) is 0 Å². The van der Waals surface area contributed by atoms with E-state index in [0.29, 0.717) is 0 Å². The molecule has 0 unspecified atom stereocenters. The van der Waals surface area contributed by atoms with Crippen molar-refractivity contribution in [3.8, 4) is 0 Å². The van der Waals surface area contributed by atoms with E-state index in [1.807, 2.05) is 0 Å². The van der Waals surface area contributed by atoms with Crippen molar-refractivity contribution in [3.63, 3.8) is 0 Å². The van der Waals surface area contributed by atoms with Crippen molar-refractivity contribution in [3.05, 3.63) is 48.0 Å². The Morgan fingerprint density at radius 1 is 0.800 bits per heavy atom. The normalized spacial score (nSPS) is 18.9. The highest BCUT2D eigenvalue weighted by molar-refractivity contribution is 6.27. The van der Waals surface area contributed by atoms with Gasteiger partial charge in [0.25, 0.3) is 0 Å². The second kappa shape index (κ2) is 11.1. The van der Waals surface area contributed by atoms with Crippen molar-refractivity contribution < 1.29 is 19.8 Å². The van der Waals surface area contributed by atoms with Crippen molar-refractivity contribution in [1.29, 1.82) is 0 Å². The summed E-state index contributed by atoms with van der Waals surface area (Å²) in [7, 11) is 0. The summed E-state index contributed by atoms with van der Waals surface area (Å²) in [6, 6.07) is 16.4. The third-order valence-corrected chi connectivity index (χ3v) is 6.17. The molecule has 2 saturated heterocycles. The monoisotopic (exact) mass is 412 g/mol. The molecule has 2 aromatic rings. The van der Waals surface area contributed by atoms with Crippen LogP contribution < -0.4 is 0 Å². The minimum Gasteiger partial charge on any atom is -0.473 e. The summed E-state index contributed by atoms with van der Waals surface area (Å²) < 4.78 is 0. The van der Waals surface area contributed by atoms with E-state index in [1.54, 1.807) is 0 Å². The van der Waals surface area contributed by atoms with Crippen LogP contribution >= 0.6 is 0 Å². The Labute approximate surface area is 178 Å². The molecule has 2 aliphatic rings. The summed E-state index contributed by atoms with van der Waals surface area (Å²) in [5, 5.41) is 17.6. The molecule has 0 spiro atoms. The number of rotatable bonds is 3. The summed E-state index contributed by atoms with van der Waals surface area (Å²) in [6.07, 6.45) is 8.41. The fraction of sp³-hybridized carbons (Fsp3) is 0.500. The van der Waals surface area contributed by atoms with Gasteiger partial charge >= 0.3 is 11.9 Å². The number of carboxylic acid groups (broad SMARTS) is 2. The lowest BCUT2D eigenvalue weighted by molar-refractivity contribution is -0.159. The quantitative estimate of drug-likeness (QED) is 0.746. The van der Waals surface area contributed by atoms with Gasteiger partial charge in [-0.1, -0.05) is 55.3 Å². The van der Waals surface area contributed by atoms with Gasteiger partial charge in [-0.3, -0.25) is 4.90 Å². The van der Waals surface area contributed by atoms with Gasteiger partial charge in [0, 0.05) is 12.6 Å². The van der Waals surface area contributed by atoms with Gasteiger partial charge in [0.15, 0.2) is 0 Å². The van der Waals surface area contributed by atoms with E-state index >= 15 is 0 Å². The molecule has 2 fully saturated rings. The smallest absolute Gasteiger partial charge is 0.414 e. The second-order valence-electron chi connectivity index (χ2n) is 8.21. The Balaban J connectivity index is 0.000000377. The SMILES string of the molecule is O=C(O)C(=O)O.c1ccc2c(CN3CCC(N4CCCCCC4)CC3)cccc2c1. The van der Waals surface area contributed by atoms with E-state index < -0.39 is 11.9 Å². The molecule has 2 aromatic carbocycles. The molecule has 0 amide bonds. The molecule has 162 valence electrons. The van der Waals surface area contributed by atoms with E-state index in [4.69, 9.17) is 19.8 Å². The Kier molecular flexibility index (Phi) is 8.22. The second-order valence-corrected chi connectivity index (χ2v) is 8.21. The van der Waals surface area contributed by atoms with Gasteiger partial charge in [-0.2, -0.15) is 0 Å². The Hall–Kier alpha value is -2.44. The van der Waals surface area contributed by atoms with Crippen LogP contribution in [0.25, 0.3) is 10.8 Å². The number of nitrogens with zero attached hydrogens (tertiary/aromatic N) is 2. The maximum atomic E-state index is 9.10. The topological polar surface area (TPSA) is 81.1 Å². The van der Waals surface area contributed by atoms with Crippen molar-refractivity contribution in [2.24, 2.45) is 0 Å². The Morgan fingerprint density at radius 3 is 2.03 bits per heavy atom. The largest absolute Gasteiger partial charge is 0.473 e. The highest BCUT2D eigenvalue weighted by atomic mass is 16.4. The van der Waals surface area contributed by atoms with Gasteiger partial charge in [0.1, 0.15) is 0 Å². The molecular weight excluding hydrogens is 380 g/mol. The number of piperidine rings is 1. The van der Waals surface area contributed by atoms with E-state index in [0.717, 1.165) is 12.6 Å². The number of benzene rings is 2. The highest BCUT2D eigenvalue weighted by Gasteiger charge is 2.25. The fourth-order valence-corrected chi connectivity index (χ4v) is 4.57. The number of likely N-dealkylation sites (tertiary alicyclic amines) is 2. The van der Waals surface area contributed by atoms with Gasteiger partial charge < -0.3 is 15.1 Å². The zero-order valence-electron chi connectivity index (χ0n) is 17.5. The fourth-order valence-electron chi connectivity index (χ4n) is 4.57. The molecule has 6 nitrogen and oxygen atoms in total. The van der Waals surface area contributed by atoms with E-state index in [-0.39, 0.29) is 0 Å². The molecule has 6 heteroatoms. The van der Waals surface area contributed by atoms with Crippen LogP contribution in [0.1, 0.15) is 44.1 Å². The number of aliphatic carboxylic acids is 2. The average molecular weight is 413 g/mol. The third-order valence-electron chi connectivity index (χ3n) is 6.17. The van der Waals surface area contributed by atoms with E-state index in [1.165, 1.54) is 81.0 Å². The van der Waals surface area contributed by atoms with Crippen LogP contribution in [0.3, 0.4) is 0 Å². The molecule has 30 heavy (non-hydrogen) atoms. The van der Waals surface area contributed by atoms with Gasteiger partial charge in [-0.15, -0.1) is 0 Å². The molecule has 2 aliphatic heterocycles. The van der Waals surface area contributed by atoms with Crippen molar-refractivity contribution >= 4 is 22.7 Å². The lowest BCUT2D eigenvalue weighted by Crippen LogP contribution is -2.45. The average Bonchev–Trinajstić information content (AvgIpc) is 3.05. The summed E-state index contributed by atoms with van der Waals surface area (Å²) >= 11 is 0. The standard InChI is InChI=1S/C22H30N2.C2H2O4/c1-2-6-15-24(14-5-1)21-12-16-23(17-13-21)18-20-10-7-9-19-8-3-4-11-22(19)20;3-1(4)2(5)6/h3-4,7-11,21H,1-2,5-6,12-18H2;(H,3,4)(H,5,6). The molecule has 0 radical (unpaired) electrons. The first kappa shape index (κ1) is 22.2. The number of hydrogen-bond donors (Lipinski definition) is 2. The maximum Gasteiger partial charge on any atom is 0.414 e. The van der Waals surface area contributed by atoms with Crippen molar-refractivity contribution in [2.45, 2.75) is 51.1 Å². The van der Waals surface area contributed by atoms with Crippen LogP contribution in [0.15, 0.2) is 42.5 Å². The van der Waals surface area contributed by atoms with Crippen LogP contribution in [-0.4, -0.2) is 64.2 Å². The first-order chi connectivity index (χ1) is 14.5. The number of carbonyl (C=O) groups is 2. The predicted molar refractivity (Wildman–Crippen MR) is 118 cm³/mol. The van der Waals surface area contributed by atoms with Crippen LogP contribution in [0, 0.1) is 0 Å². The van der Waals surface area contributed by atoms with Crippen molar-refractivity contribution in [1.82, 2.24) is 9.80 Å². The van der Waals surface area contributed by atoms with Gasteiger partial charge in [-0.05, 0) is 68.2 Å². The third kappa shape index (κ3) is 6.28. The lowest BCUT2D eigenvalue weighted by atomic mass is 10.00. The first-order valence-corrected chi connectivity index (χ1v) is 10.9. The molecule has 0 aliphatic carbocycles. The Morgan fingerprint density at radius 2 is 1.40 bits per heavy atom. The zero-order valence-corrected chi connectivity index (χ0v) is 17.5. The summed E-state index contributed by atoms with van der Waals surface area (Å²) in [6.45, 7) is 6.30. The van der Waals surface area contributed by atoms with Crippen LogP contribution in [0.2, 0.25) is 0 Å². The molecule has 0 atom stereocenters. The summed E-state index contributed by atoms with van der Waals surface area (Å²) in [5.41, 5.74) is 1.49. The van der Waals surface area contributed by atoms with Crippen molar-refractivity contribution in [2.75, 3.05) is 26.2 Å². The number of carboxylic acids is 2. The van der Waals surface area contributed by atoms with Gasteiger partial charge in [0.05, 0.1) is 0 Å². The molecule has 2 N–H and O–H groups in total. The molecule has 4 rings (SSSR count). The van der Waals surface area contributed by atoms with E-state index in [9.17, 15) is 0 Å². The van der Waals surface area contributed by atoms with Crippen LogP contribution in [0.4, 0.5) is 0 Å². The molecular formula is C24H32N2O4. The molecule has 0 aromatic heterocycles.